The van der Waals surface area contributed by atoms with E-state index in [0.29, 0.717) is 12.5 Å². The van der Waals surface area contributed by atoms with Gasteiger partial charge >= 0.3 is 0 Å². The van der Waals surface area contributed by atoms with Crippen LogP contribution in [0.5, 0.6) is 0 Å². The summed E-state index contributed by atoms with van der Waals surface area (Å²) in [5.74, 6) is 0.673. The Bertz CT molecular complexity index is 216. The summed E-state index contributed by atoms with van der Waals surface area (Å²) in [6, 6.07) is 0. The van der Waals surface area contributed by atoms with Gasteiger partial charge in [-0.25, -0.2) is 4.99 Å². The molecule has 16 heavy (non-hydrogen) atoms. The van der Waals surface area contributed by atoms with E-state index in [1.54, 1.807) is 0 Å². The molecule has 5 nitrogen and oxygen atoms in total. The van der Waals surface area contributed by atoms with Crippen molar-refractivity contribution in [3.05, 3.63) is 0 Å². The summed E-state index contributed by atoms with van der Waals surface area (Å²) in [4.78, 5) is 15.5. The number of carbonyl (C=O) groups excluding carboxylic acids is 1. The summed E-state index contributed by atoms with van der Waals surface area (Å²) < 4.78 is 0. The smallest absolute Gasteiger partial charge is 0.241 e. The summed E-state index contributed by atoms with van der Waals surface area (Å²) in [5.41, 5.74) is 0. The fourth-order valence-electron chi connectivity index (χ4n) is 1.06. The van der Waals surface area contributed by atoms with Gasteiger partial charge in [0.05, 0.1) is 0 Å². The second-order valence-corrected chi connectivity index (χ2v) is 3.47. The van der Waals surface area contributed by atoms with Gasteiger partial charge in [-0.2, -0.15) is 0 Å². The summed E-state index contributed by atoms with van der Waals surface area (Å²) >= 11 is 0. The molecule has 0 aromatic carbocycles. The molecular weight excluding hydrogens is 204 g/mol. The number of nitrogens with zero attached hydrogens (tertiary/aromatic N) is 1. The van der Waals surface area contributed by atoms with Crippen LogP contribution in [0.15, 0.2) is 4.99 Å². The normalized spacial score (nSPS) is 11.1. The van der Waals surface area contributed by atoms with Crippen LogP contribution in [0.2, 0.25) is 0 Å². The molecule has 0 aromatic rings. The lowest BCUT2D eigenvalue weighted by Gasteiger charge is -2.09. The van der Waals surface area contributed by atoms with E-state index >= 15 is 0 Å². The number of guanidine groups is 1. The van der Waals surface area contributed by atoms with Gasteiger partial charge < -0.3 is 16.0 Å². The Labute approximate surface area is 98.1 Å². The van der Waals surface area contributed by atoms with E-state index in [1.165, 1.54) is 0 Å². The molecule has 0 spiro atoms. The minimum atomic E-state index is -0.0319. The molecule has 0 saturated carbocycles. The molecule has 0 rings (SSSR count). The highest BCUT2D eigenvalue weighted by Crippen LogP contribution is 1.78. The zero-order valence-electron chi connectivity index (χ0n) is 10.6. The molecule has 0 fully saturated rings. The molecule has 0 atom stereocenters. The van der Waals surface area contributed by atoms with Gasteiger partial charge in [-0.3, -0.25) is 4.79 Å². The summed E-state index contributed by atoms with van der Waals surface area (Å²) in [5, 5.41) is 9.01. The van der Waals surface area contributed by atoms with Gasteiger partial charge in [0, 0.05) is 19.6 Å². The monoisotopic (exact) mass is 228 g/mol. The van der Waals surface area contributed by atoms with Crippen LogP contribution in [0, 0.1) is 0 Å². The predicted octanol–water partition coefficient (Wildman–Crippen LogP) is 0.478. The summed E-state index contributed by atoms with van der Waals surface area (Å²) in [6.07, 6.45) is 1.98. The zero-order chi connectivity index (χ0) is 12.2. The van der Waals surface area contributed by atoms with E-state index in [2.05, 4.69) is 27.9 Å². The van der Waals surface area contributed by atoms with E-state index in [0.717, 1.165) is 25.9 Å². The molecule has 5 heteroatoms. The van der Waals surface area contributed by atoms with Crippen molar-refractivity contribution in [3.8, 4) is 0 Å². The Hall–Kier alpha value is -1.26. The fourth-order valence-corrected chi connectivity index (χ4v) is 1.06. The van der Waals surface area contributed by atoms with Gasteiger partial charge in [0.15, 0.2) is 5.96 Å². The third-order valence-corrected chi connectivity index (χ3v) is 1.84. The molecular formula is C11H24N4O. The Balaban J connectivity index is 3.95. The van der Waals surface area contributed by atoms with Crippen LogP contribution < -0.4 is 16.0 Å². The van der Waals surface area contributed by atoms with Crippen molar-refractivity contribution < 1.29 is 4.79 Å². The number of amides is 1. The van der Waals surface area contributed by atoms with Crippen LogP contribution >= 0.6 is 0 Å². The lowest BCUT2D eigenvalue weighted by Crippen LogP contribution is -2.38. The third-order valence-electron chi connectivity index (χ3n) is 1.84. The van der Waals surface area contributed by atoms with Gasteiger partial charge in [0.1, 0.15) is 6.54 Å². The number of aliphatic imine (C=N–C) groups is 1. The molecule has 0 bridgehead atoms. The van der Waals surface area contributed by atoms with Crippen molar-refractivity contribution in [3.63, 3.8) is 0 Å². The maximum Gasteiger partial charge on any atom is 0.241 e. The molecule has 1 amide bonds. The topological polar surface area (TPSA) is 65.5 Å². The largest absolute Gasteiger partial charge is 0.357 e. The molecule has 0 saturated heterocycles. The van der Waals surface area contributed by atoms with Gasteiger partial charge in [-0.05, 0) is 19.8 Å². The van der Waals surface area contributed by atoms with Gasteiger partial charge in [0.2, 0.25) is 5.91 Å². The predicted molar refractivity (Wildman–Crippen MR) is 67.6 cm³/mol. The number of rotatable bonds is 7. The van der Waals surface area contributed by atoms with Crippen LogP contribution in [0.25, 0.3) is 0 Å². The van der Waals surface area contributed by atoms with Gasteiger partial charge in [-0.1, -0.05) is 13.8 Å². The molecule has 0 aliphatic carbocycles. The Morgan fingerprint density at radius 1 is 1.00 bits per heavy atom. The second kappa shape index (κ2) is 10.3. The number of hydrogen-bond donors (Lipinski definition) is 3. The maximum absolute atomic E-state index is 11.3. The Morgan fingerprint density at radius 2 is 1.62 bits per heavy atom. The molecule has 0 unspecified atom stereocenters. The van der Waals surface area contributed by atoms with Crippen LogP contribution in [0.1, 0.15) is 33.6 Å². The maximum atomic E-state index is 11.3. The Kier molecular flexibility index (Phi) is 9.46. The first-order chi connectivity index (χ1) is 7.74. The molecule has 0 radical (unpaired) electrons. The first-order valence-corrected chi connectivity index (χ1v) is 6.03. The zero-order valence-corrected chi connectivity index (χ0v) is 10.6. The average molecular weight is 228 g/mol. The number of carbonyl (C=O) groups is 1. The molecule has 0 heterocycles. The minimum absolute atomic E-state index is 0.0319. The highest BCUT2D eigenvalue weighted by Gasteiger charge is 2.00. The van der Waals surface area contributed by atoms with Gasteiger partial charge in [0.25, 0.3) is 0 Å². The van der Waals surface area contributed by atoms with E-state index in [9.17, 15) is 4.79 Å². The SMILES string of the molecule is CCCNC(=O)CN=C(NCC)NCCC. The van der Waals surface area contributed by atoms with Crippen molar-refractivity contribution in [2.45, 2.75) is 33.6 Å². The molecule has 94 valence electrons. The van der Waals surface area contributed by atoms with Crippen molar-refractivity contribution in [1.29, 1.82) is 0 Å². The van der Waals surface area contributed by atoms with E-state index in [1.807, 2.05) is 13.8 Å². The number of nitrogens with one attached hydrogen (secondary N) is 3. The highest BCUT2D eigenvalue weighted by molar-refractivity contribution is 5.84. The first-order valence-electron chi connectivity index (χ1n) is 6.03. The highest BCUT2D eigenvalue weighted by atomic mass is 16.1. The van der Waals surface area contributed by atoms with Crippen LogP contribution in [-0.2, 0) is 4.79 Å². The fraction of sp³-hybridized carbons (Fsp3) is 0.818. The molecule has 0 aliphatic heterocycles. The first kappa shape index (κ1) is 14.7. The average Bonchev–Trinajstić information content (AvgIpc) is 2.30. The summed E-state index contributed by atoms with van der Waals surface area (Å²) in [7, 11) is 0. The van der Waals surface area contributed by atoms with Crippen LogP contribution in [0.4, 0.5) is 0 Å². The lowest BCUT2D eigenvalue weighted by molar-refractivity contribution is -0.119. The standard InChI is InChI=1S/C11H24N4O/c1-4-7-13-10(16)9-15-11(12-6-3)14-8-5-2/h4-9H2,1-3H3,(H,13,16)(H2,12,14,15). The summed E-state index contributed by atoms with van der Waals surface area (Å²) in [6.45, 7) is 8.67. The third kappa shape index (κ3) is 8.08. The lowest BCUT2D eigenvalue weighted by atomic mass is 10.4. The van der Waals surface area contributed by atoms with Gasteiger partial charge in [-0.15, -0.1) is 0 Å². The second-order valence-electron chi connectivity index (χ2n) is 3.47. The quantitative estimate of drug-likeness (QED) is 0.438. The van der Waals surface area contributed by atoms with Crippen molar-refractivity contribution in [1.82, 2.24) is 16.0 Å². The molecule has 3 N–H and O–H groups in total. The van der Waals surface area contributed by atoms with Crippen molar-refractivity contribution >= 4 is 11.9 Å². The number of hydrogen-bond acceptors (Lipinski definition) is 2. The van der Waals surface area contributed by atoms with E-state index in [-0.39, 0.29) is 12.5 Å². The van der Waals surface area contributed by atoms with E-state index < -0.39 is 0 Å². The molecule has 0 aromatic heterocycles. The molecule has 0 aliphatic rings. The Morgan fingerprint density at radius 3 is 2.19 bits per heavy atom. The van der Waals surface area contributed by atoms with Crippen molar-refractivity contribution in [2.75, 3.05) is 26.2 Å². The van der Waals surface area contributed by atoms with Crippen molar-refractivity contribution in [2.24, 2.45) is 4.99 Å². The van der Waals surface area contributed by atoms with E-state index in [4.69, 9.17) is 0 Å². The minimum Gasteiger partial charge on any atom is -0.357 e. The van der Waals surface area contributed by atoms with Crippen LogP contribution in [-0.4, -0.2) is 38.0 Å². The van der Waals surface area contributed by atoms with Crippen LogP contribution in [0.3, 0.4) is 0 Å².